The molecule has 134 valence electrons. The summed E-state index contributed by atoms with van der Waals surface area (Å²) in [7, 11) is 0. The van der Waals surface area contributed by atoms with E-state index < -0.39 is 6.09 Å². The van der Waals surface area contributed by atoms with Crippen molar-refractivity contribution in [1.29, 1.82) is 0 Å². The van der Waals surface area contributed by atoms with Gasteiger partial charge in [-0.3, -0.25) is 4.90 Å². The van der Waals surface area contributed by atoms with Gasteiger partial charge in [0.2, 0.25) is 0 Å². The van der Waals surface area contributed by atoms with Crippen LogP contribution in [0.1, 0.15) is 5.56 Å². The zero-order chi connectivity index (χ0) is 18.1. The highest BCUT2D eigenvalue weighted by Gasteiger charge is 2.20. The summed E-state index contributed by atoms with van der Waals surface area (Å²) in [5.41, 5.74) is 9.65. The van der Waals surface area contributed by atoms with E-state index in [1.54, 1.807) is 0 Å². The molecule has 1 aromatic carbocycles. The molecule has 0 aliphatic carbocycles. The fourth-order valence-electron chi connectivity index (χ4n) is 3.11. The van der Waals surface area contributed by atoms with Crippen LogP contribution in [0.5, 0.6) is 0 Å². The Morgan fingerprint density at radius 1 is 1.23 bits per heavy atom. The van der Waals surface area contributed by atoms with Gasteiger partial charge >= 0.3 is 6.09 Å². The molecule has 8 heteroatoms. The van der Waals surface area contributed by atoms with Crippen molar-refractivity contribution >= 4 is 33.5 Å². The van der Waals surface area contributed by atoms with Gasteiger partial charge in [0.15, 0.2) is 0 Å². The Morgan fingerprint density at radius 2 is 2.00 bits per heavy atom. The molecule has 0 bridgehead atoms. The third kappa shape index (κ3) is 3.33. The van der Waals surface area contributed by atoms with Gasteiger partial charge in [-0.05, 0) is 23.8 Å². The minimum atomic E-state index is -0.845. The summed E-state index contributed by atoms with van der Waals surface area (Å²) >= 11 is 1.54. The van der Waals surface area contributed by atoms with Crippen LogP contribution < -0.4 is 5.73 Å². The van der Waals surface area contributed by atoms with E-state index in [-0.39, 0.29) is 0 Å². The number of thiazole rings is 1. The molecule has 0 saturated carbocycles. The van der Waals surface area contributed by atoms with Crippen LogP contribution in [0.25, 0.3) is 20.9 Å². The number of nitrogen functional groups attached to an aromatic ring is 1. The number of hydrogen-bond acceptors (Lipinski definition) is 6. The van der Waals surface area contributed by atoms with E-state index in [0.29, 0.717) is 18.8 Å². The van der Waals surface area contributed by atoms with Crippen LogP contribution in [-0.4, -0.2) is 57.1 Å². The number of nitrogens with two attached hydrogens (primary N) is 1. The second kappa shape index (κ2) is 6.89. The van der Waals surface area contributed by atoms with Crippen LogP contribution in [0.4, 0.5) is 10.5 Å². The summed E-state index contributed by atoms with van der Waals surface area (Å²) in [5, 5.41) is 9.90. The third-order valence-electron chi connectivity index (χ3n) is 4.54. The zero-order valence-corrected chi connectivity index (χ0v) is 14.9. The molecular formula is C18H19N5O2S. The molecule has 0 spiro atoms. The lowest BCUT2D eigenvalue weighted by molar-refractivity contribution is 0.103. The van der Waals surface area contributed by atoms with Crippen molar-refractivity contribution < 1.29 is 9.90 Å². The molecule has 3 aromatic rings. The molecule has 1 aliphatic rings. The van der Waals surface area contributed by atoms with Crippen LogP contribution in [0.15, 0.2) is 36.5 Å². The van der Waals surface area contributed by atoms with Gasteiger partial charge < -0.3 is 15.7 Å². The zero-order valence-electron chi connectivity index (χ0n) is 14.1. The SMILES string of the molecule is Nc1ccccc1-c1nc2cc(CN3CCN(C(=O)O)CC3)cnc2s1. The summed E-state index contributed by atoms with van der Waals surface area (Å²) < 4.78 is 0. The van der Waals surface area contributed by atoms with Gasteiger partial charge in [-0.1, -0.05) is 23.5 Å². The Balaban J connectivity index is 1.51. The third-order valence-corrected chi connectivity index (χ3v) is 5.56. The molecule has 1 saturated heterocycles. The van der Waals surface area contributed by atoms with Gasteiger partial charge in [0, 0.05) is 50.2 Å². The standard InChI is InChI=1S/C18H19N5O2S/c19-14-4-2-1-3-13(14)16-21-15-9-12(10-20-17(15)26-16)11-22-5-7-23(8-6-22)18(24)25/h1-4,9-10H,5-8,11,19H2,(H,24,25). The Kier molecular flexibility index (Phi) is 4.44. The average Bonchev–Trinajstić information content (AvgIpc) is 3.05. The number of pyridine rings is 1. The number of amides is 1. The molecule has 26 heavy (non-hydrogen) atoms. The first-order valence-electron chi connectivity index (χ1n) is 8.41. The first kappa shape index (κ1) is 16.7. The molecule has 4 rings (SSSR count). The Morgan fingerprint density at radius 3 is 2.73 bits per heavy atom. The van der Waals surface area contributed by atoms with Crippen molar-refractivity contribution in [2.45, 2.75) is 6.54 Å². The first-order valence-corrected chi connectivity index (χ1v) is 9.22. The van der Waals surface area contributed by atoms with Gasteiger partial charge in [-0.2, -0.15) is 0 Å². The minimum Gasteiger partial charge on any atom is -0.465 e. The van der Waals surface area contributed by atoms with Crippen molar-refractivity contribution in [1.82, 2.24) is 19.8 Å². The van der Waals surface area contributed by atoms with Crippen molar-refractivity contribution in [3.63, 3.8) is 0 Å². The van der Waals surface area contributed by atoms with E-state index in [2.05, 4.69) is 16.0 Å². The molecule has 7 nitrogen and oxygen atoms in total. The lowest BCUT2D eigenvalue weighted by Crippen LogP contribution is -2.47. The molecule has 1 amide bonds. The number of para-hydroxylation sites is 1. The smallest absolute Gasteiger partial charge is 0.407 e. The van der Waals surface area contributed by atoms with Gasteiger partial charge in [0.1, 0.15) is 15.4 Å². The second-order valence-electron chi connectivity index (χ2n) is 6.32. The molecule has 1 fully saturated rings. The van der Waals surface area contributed by atoms with E-state index >= 15 is 0 Å². The Bertz CT molecular complexity index is 950. The largest absolute Gasteiger partial charge is 0.465 e. The molecular weight excluding hydrogens is 350 g/mol. The van der Waals surface area contributed by atoms with E-state index in [9.17, 15) is 4.79 Å². The highest BCUT2D eigenvalue weighted by Crippen LogP contribution is 2.32. The molecule has 2 aromatic heterocycles. The summed E-state index contributed by atoms with van der Waals surface area (Å²) in [5.74, 6) is 0. The van der Waals surface area contributed by atoms with Crippen LogP contribution >= 0.6 is 11.3 Å². The first-order chi connectivity index (χ1) is 12.6. The Hall–Kier alpha value is -2.71. The van der Waals surface area contributed by atoms with Crippen LogP contribution in [0.3, 0.4) is 0 Å². The summed E-state index contributed by atoms with van der Waals surface area (Å²) in [6.07, 6.45) is 1.03. The number of carboxylic acid groups (broad SMARTS) is 1. The quantitative estimate of drug-likeness (QED) is 0.689. The van der Waals surface area contributed by atoms with Gasteiger partial charge in [-0.25, -0.2) is 14.8 Å². The number of benzene rings is 1. The summed E-state index contributed by atoms with van der Waals surface area (Å²) in [6, 6.07) is 9.76. The fourth-order valence-corrected chi connectivity index (χ4v) is 4.05. The van der Waals surface area contributed by atoms with E-state index in [1.807, 2.05) is 30.5 Å². The maximum Gasteiger partial charge on any atom is 0.407 e. The molecule has 3 N–H and O–H groups in total. The number of piperazine rings is 1. The number of hydrogen-bond donors (Lipinski definition) is 2. The highest BCUT2D eigenvalue weighted by molar-refractivity contribution is 7.21. The Labute approximate surface area is 154 Å². The lowest BCUT2D eigenvalue weighted by atomic mass is 10.2. The topological polar surface area (TPSA) is 95.6 Å². The monoisotopic (exact) mass is 369 g/mol. The van der Waals surface area contributed by atoms with Gasteiger partial charge in [-0.15, -0.1) is 0 Å². The number of anilines is 1. The van der Waals surface area contributed by atoms with Crippen LogP contribution in [0, 0.1) is 0 Å². The maximum absolute atomic E-state index is 11.0. The van der Waals surface area contributed by atoms with Crippen molar-refractivity contribution in [2.75, 3.05) is 31.9 Å². The van der Waals surface area contributed by atoms with Crippen LogP contribution in [-0.2, 0) is 6.54 Å². The lowest BCUT2D eigenvalue weighted by Gasteiger charge is -2.32. The highest BCUT2D eigenvalue weighted by atomic mass is 32.1. The van der Waals surface area contributed by atoms with Crippen molar-refractivity contribution in [2.24, 2.45) is 0 Å². The minimum absolute atomic E-state index is 0.541. The predicted octanol–water partition coefficient (Wildman–Crippen LogP) is 2.74. The molecule has 3 heterocycles. The van der Waals surface area contributed by atoms with Crippen molar-refractivity contribution in [3.05, 3.63) is 42.1 Å². The van der Waals surface area contributed by atoms with Gasteiger partial charge in [0.25, 0.3) is 0 Å². The number of aromatic nitrogens is 2. The molecule has 0 radical (unpaired) electrons. The normalized spacial score (nSPS) is 15.5. The molecule has 0 unspecified atom stereocenters. The molecule has 1 aliphatic heterocycles. The average molecular weight is 369 g/mol. The number of carbonyl (C=O) groups is 1. The van der Waals surface area contributed by atoms with E-state index in [0.717, 1.165) is 46.1 Å². The number of rotatable bonds is 3. The fraction of sp³-hybridized carbons (Fsp3) is 0.278. The summed E-state index contributed by atoms with van der Waals surface area (Å²) in [6.45, 7) is 3.29. The van der Waals surface area contributed by atoms with Crippen molar-refractivity contribution in [3.8, 4) is 10.6 Å². The molecule has 0 atom stereocenters. The number of fused-ring (bicyclic) bond motifs is 1. The predicted molar refractivity (Wildman–Crippen MR) is 102 cm³/mol. The van der Waals surface area contributed by atoms with Crippen LogP contribution in [0.2, 0.25) is 0 Å². The van der Waals surface area contributed by atoms with E-state index in [4.69, 9.17) is 15.8 Å². The summed E-state index contributed by atoms with van der Waals surface area (Å²) in [4.78, 5) is 24.8. The van der Waals surface area contributed by atoms with E-state index in [1.165, 1.54) is 16.2 Å². The van der Waals surface area contributed by atoms with Gasteiger partial charge in [0.05, 0.1) is 0 Å². The second-order valence-corrected chi connectivity index (χ2v) is 7.30. The number of nitrogens with zero attached hydrogens (tertiary/aromatic N) is 4. The maximum atomic E-state index is 11.0.